The van der Waals surface area contributed by atoms with Crippen molar-refractivity contribution in [3.05, 3.63) is 65.6 Å². The number of ether oxygens (including phenoxy) is 1. The number of hydrazine groups is 1. The van der Waals surface area contributed by atoms with Crippen molar-refractivity contribution in [1.29, 1.82) is 0 Å². The average molecular weight is 542 g/mol. The molecular formula is C26H29F2N7O4. The number of anilines is 3. The number of hydrogen-bond acceptors (Lipinski definition) is 8. The second-order valence-electron chi connectivity index (χ2n) is 9.40. The van der Waals surface area contributed by atoms with E-state index < -0.39 is 18.1 Å². The van der Waals surface area contributed by atoms with E-state index in [-0.39, 0.29) is 37.5 Å². The summed E-state index contributed by atoms with van der Waals surface area (Å²) in [4.78, 5) is 46.7. The van der Waals surface area contributed by atoms with Gasteiger partial charge in [-0.25, -0.2) is 19.0 Å². The number of aromatic amines is 1. The highest BCUT2D eigenvalue weighted by molar-refractivity contribution is 5.98. The number of piperidine rings is 1. The first kappa shape index (κ1) is 26.4. The van der Waals surface area contributed by atoms with Gasteiger partial charge in [-0.1, -0.05) is 0 Å². The maximum atomic E-state index is 13.7. The molecule has 4 heterocycles. The zero-order valence-corrected chi connectivity index (χ0v) is 21.5. The van der Waals surface area contributed by atoms with Gasteiger partial charge in [0.1, 0.15) is 24.3 Å². The molecule has 0 radical (unpaired) electrons. The number of carbonyl (C=O) groups excluding carboxylic acids is 3. The molecule has 1 aromatic carbocycles. The second kappa shape index (κ2) is 10.5. The van der Waals surface area contributed by atoms with Crippen LogP contribution in [0.3, 0.4) is 0 Å². The van der Waals surface area contributed by atoms with Gasteiger partial charge in [0.15, 0.2) is 0 Å². The fourth-order valence-corrected chi connectivity index (χ4v) is 4.89. The highest BCUT2D eigenvalue weighted by Crippen LogP contribution is 2.43. The Hall–Kier alpha value is -4.23. The number of alkyl halides is 2. The summed E-state index contributed by atoms with van der Waals surface area (Å²) in [5, 5.41) is 0. The standard InChI is InChI=1S/C26H29F2N7O4/c1-29-31-22-13-19(7-10-33(22)16-36)35-15-34(18-5-3-17(4-6-18)25(38)39-2)21-14-20(30-23(21)35)24(37)32-11-8-26(27,28)9-12-32/h3-7,10,13-14,16,22,29-31H,8-9,11-12,15H2,1-2H3. The van der Waals surface area contributed by atoms with Gasteiger partial charge in [-0.05, 0) is 49.5 Å². The maximum Gasteiger partial charge on any atom is 0.337 e. The van der Waals surface area contributed by atoms with Crippen LogP contribution in [0.1, 0.15) is 33.7 Å². The number of fused-ring (bicyclic) bond motifs is 1. The van der Waals surface area contributed by atoms with Gasteiger partial charge in [0.25, 0.3) is 11.8 Å². The molecule has 2 amide bonds. The molecule has 39 heavy (non-hydrogen) atoms. The molecule has 5 rings (SSSR count). The van der Waals surface area contributed by atoms with E-state index in [1.165, 1.54) is 16.9 Å². The summed E-state index contributed by atoms with van der Waals surface area (Å²) >= 11 is 0. The van der Waals surface area contributed by atoms with Crippen molar-refractivity contribution >= 4 is 35.5 Å². The number of likely N-dealkylation sites (tertiary alicyclic amines) is 1. The van der Waals surface area contributed by atoms with E-state index in [1.807, 2.05) is 15.9 Å². The third-order valence-electron chi connectivity index (χ3n) is 7.03. The van der Waals surface area contributed by atoms with Gasteiger partial charge in [0, 0.05) is 43.5 Å². The normalized spacial score (nSPS) is 20.1. The van der Waals surface area contributed by atoms with Crippen molar-refractivity contribution in [3.63, 3.8) is 0 Å². The molecule has 0 saturated carbocycles. The Morgan fingerprint density at radius 3 is 2.51 bits per heavy atom. The minimum atomic E-state index is -2.76. The third kappa shape index (κ3) is 5.10. The minimum absolute atomic E-state index is 0.0231. The Kier molecular flexibility index (Phi) is 7.10. The zero-order chi connectivity index (χ0) is 27.7. The molecule has 11 nitrogen and oxygen atoms in total. The van der Waals surface area contributed by atoms with Crippen molar-refractivity contribution in [3.8, 4) is 0 Å². The monoisotopic (exact) mass is 541 g/mol. The summed E-state index contributed by atoms with van der Waals surface area (Å²) < 4.78 is 32.1. The van der Waals surface area contributed by atoms with Gasteiger partial charge in [0.2, 0.25) is 6.41 Å². The van der Waals surface area contributed by atoms with Crippen molar-refractivity contribution in [2.45, 2.75) is 24.9 Å². The van der Waals surface area contributed by atoms with Crippen LogP contribution in [0.5, 0.6) is 0 Å². The Balaban J connectivity index is 1.49. The number of methoxy groups -OCH3 is 1. The van der Waals surface area contributed by atoms with E-state index >= 15 is 0 Å². The van der Waals surface area contributed by atoms with Gasteiger partial charge in [-0.15, -0.1) is 0 Å². The summed E-state index contributed by atoms with van der Waals surface area (Å²) in [5.41, 5.74) is 8.75. The van der Waals surface area contributed by atoms with Gasteiger partial charge in [-0.2, -0.15) is 0 Å². The Labute approximate surface area is 223 Å². The summed E-state index contributed by atoms with van der Waals surface area (Å²) in [5.74, 6) is -2.93. The molecule has 0 spiro atoms. The molecule has 3 aliphatic heterocycles. The van der Waals surface area contributed by atoms with E-state index in [9.17, 15) is 23.2 Å². The highest BCUT2D eigenvalue weighted by Gasteiger charge is 2.38. The van der Waals surface area contributed by atoms with Crippen LogP contribution in [0.4, 0.5) is 26.0 Å². The van der Waals surface area contributed by atoms with Crippen LogP contribution in [-0.2, 0) is 9.53 Å². The predicted molar refractivity (Wildman–Crippen MR) is 139 cm³/mol. The smallest absolute Gasteiger partial charge is 0.337 e. The van der Waals surface area contributed by atoms with E-state index in [0.29, 0.717) is 30.1 Å². The van der Waals surface area contributed by atoms with E-state index in [4.69, 9.17) is 4.74 Å². The number of hydrogen-bond donors (Lipinski definition) is 3. The number of benzene rings is 1. The minimum Gasteiger partial charge on any atom is -0.465 e. The van der Waals surface area contributed by atoms with Crippen LogP contribution in [0, 0.1) is 0 Å². The maximum absolute atomic E-state index is 13.7. The van der Waals surface area contributed by atoms with E-state index in [2.05, 4.69) is 15.8 Å². The zero-order valence-electron chi connectivity index (χ0n) is 21.5. The Morgan fingerprint density at radius 1 is 1.15 bits per heavy atom. The summed E-state index contributed by atoms with van der Waals surface area (Å²) in [6.07, 6.45) is 4.79. The molecule has 1 atom stereocenters. The molecule has 1 unspecified atom stereocenters. The number of aromatic nitrogens is 1. The fourth-order valence-electron chi connectivity index (χ4n) is 4.89. The molecule has 13 heteroatoms. The number of rotatable bonds is 7. The number of amides is 2. The lowest BCUT2D eigenvalue weighted by atomic mass is 10.1. The number of allylic oxidation sites excluding steroid dienone is 1. The lowest BCUT2D eigenvalue weighted by molar-refractivity contribution is -0.117. The largest absolute Gasteiger partial charge is 0.465 e. The van der Waals surface area contributed by atoms with Crippen LogP contribution in [0.15, 0.2) is 54.4 Å². The average Bonchev–Trinajstić information content (AvgIpc) is 3.52. The number of carbonyl (C=O) groups is 3. The van der Waals surface area contributed by atoms with Gasteiger partial charge in [0.05, 0.1) is 18.4 Å². The molecule has 3 N–H and O–H groups in total. The lowest BCUT2D eigenvalue weighted by Crippen LogP contribution is -2.48. The quantitative estimate of drug-likeness (QED) is 0.279. The van der Waals surface area contributed by atoms with Crippen LogP contribution in [0.25, 0.3) is 0 Å². The Morgan fingerprint density at radius 2 is 1.87 bits per heavy atom. The molecule has 1 aromatic heterocycles. The molecule has 1 fully saturated rings. The second-order valence-corrected chi connectivity index (χ2v) is 9.40. The van der Waals surface area contributed by atoms with Crippen molar-refractivity contribution in [2.75, 3.05) is 43.7 Å². The van der Waals surface area contributed by atoms with E-state index in [1.54, 1.807) is 49.7 Å². The molecule has 0 bridgehead atoms. The van der Waals surface area contributed by atoms with Crippen LogP contribution >= 0.6 is 0 Å². The van der Waals surface area contributed by atoms with Crippen molar-refractivity contribution in [2.24, 2.45) is 0 Å². The third-order valence-corrected chi connectivity index (χ3v) is 7.03. The predicted octanol–water partition coefficient (Wildman–Crippen LogP) is 2.51. The van der Waals surface area contributed by atoms with Crippen molar-refractivity contribution in [1.82, 2.24) is 25.6 Å². The van der Waals surface area contributed by atoms with Gasteiger partial charge >= 0.3 is 5.97 Å². The molecule has 206 valence electrons. The lowest BCUT2D eigenvalue weighted by Gasteiger charge is -2.32. The number of nitrogens with one attached hydrogen (secondary N) is 3. The first-order valence-electron chi connectivity index (χ1n) is 12.4. The van der Waals surface area contributed by atoms with Gasteiger partial charge < -0.3 is 29.3 Å². The number of nitrogens with zero attached hydrogens (tertiary/aromatic N) is 4. The number of H-pyrrole nitrogens is 1. The van der Waals surface area contributed by atoms with E-state index in [0.717, 1.165) is 11.4 Å². The Bertz CT molecular complexity index is 1310. The van der Waals surface area contributed by atoms with Crippen LogP contribution in [-0.4, -0.2) is 79.1 Å². The molecule has 3 aliphatic rings. The van der Waals surface area contributed by atoms with Gasteiger partial charge in [-0.3, -0.25) is 15.0 Å². The first-order chi connectivity index (χ1) is 18.7. The molecule has 2 aromatic rings. The van der Waals surface area contributed by atoms with Crippen molar-refractivity contribution < 1.29 is 27.9 Å². The van der Waals surface area contributed by atoms with Crippen LogP contribution < -0.4 is 20.7 Å². The first-order valence-corrected chi connectivity index (χ1v) is 12.4. The molecule has 1 saturated heterocycles. The molecular weight excluding hydrogens is 512 g/mol. The van der Waals surface area contributed by atoms with Crippen LogP contribution in [0.2, 0.25) is 0 Å². The topological polar surface area (TPSA) is 113 Å². The summed E-state index contributed by atoms with van der Waals surface area (Å²) in [7, 11) is 3.01. The summed E-state index contributed by atoms with van der Waals surface area (Å²) in [6, 6.07) is 8.60. The highest BCUT2D eigenvalue weighted by atomic mass is 19.3. The fraction of sp³-hybridized carbons (Fsp3) is 0.346. The number of esters is 1. The summed E-state index contributed by atoms with van der Waals surface area (Å²) in [6.45, 7) is 0.322. The molecule has 0 aliphatic carbocycles. The SMILES string of the molecule is CNNC1C=C(N2CN(c3ccc(C(=O)OC)cc3)c3cc(C(=O)N4CCC(F)(F)CC4)[nH]c32)C=CN1C=O. The number of halogens is 2.